The van der Waals surface area contributed by atoms with Crippen LogP contribution in [0.5, 0.6) is 0 Å². The molecular formula is C26H29N3O3. The number of rotatable bonds is 8. The standard InChI is InChI=1S/C26H29N3O3/c1-5-8-23(30)29-24-17(2)15-18(3)28-25(24)27-16-19-11-13-20(14-12-19)21-9-6-7-10-22(21)26(31)32-4/h6-7,9-15H,5,8,16H2,1-4H3,(H,27,28)(H,29,30). The van der Waals surface area contributed by atoms with Gasteiger partial charge in [-0.1, -0.05) is 49.4 Å². The van der Waals surface area contributed by atoms with E-state index in [0.29, 0.717) is 24.3 Å². The highest BCUT2D eigenvalue weighted by Gasteiger charge is 2.14. The first-order valence-electron chi connectivity index (χ1n) is 10.7. The zero-order chi connectivity index (χ0) is 23.1. The van der Waals surface area contributed by atoms with Crippen LogP contribution in [0.4, 0.5) is 11.5 Å². The maximum absolute atomic E-state index is 12.1. The normalized spacial score (nSPS) is 10.5. The predicted molar refractivity (Wildman–Crippen MR) is 128 cm³/mol. The summed E-state index contributed by atoms with van der Waals surface area (Å²) >= 11 is 0. The Morgan fingerprint density at radius 3 is 2.44 bits per heavy atom. The van der Waals surface area contributed by atoms with E-state index in [9.17, 15) is 9.59 Å². The van der Waals surface area contributed by atoms with Crippen molar-refractivity contribution in [2.24, 2.45) is 0 Å². The van der Waals surface area contributed by atoms with E-state index in [2.05, 4.69) is 15.6 Å². The van der Waals surface area contributed by atoms with Crippen molar-refractivity contribution in [2.75, 3.05) is 17.7 Å². The Morgan fingerprint density at radius 1 is 1.03 bits per heavy atom. The van der Waals surface area contributed by atoms with Crippen LogP contribution in [0.25, 0.3) is 11.1 Å². The lowest BCUT2D eigenvalue weighted by Crippen LogP contribution is -2.15. The van der Waals surface area contributed by atoms with Crippen molar-refractivity contribution in [3.8, 4) is 11.1 Å². The Balaban J connectivity index is 1.78. The number of hydrogen-bond acceptors (Lipinski definition) is 5. The third-order valence-corrected chi connectivity index (χ3v) is 5.14. The number of esters is 1. The molecule has 1 aromatic heterocycles. The quantitative estimate of drug-likeness (QED) is 0.460. The van der Waals surface area contributed by atoms with E-state index in [4.69, 9.17) is 4.74 Å². The maximum atomic E-state index is 12.1. The largest absolute Gasteiger partial charge is 0.465 e. The molecule has 0 bridgehead atoms. The minimum absolute atomic E-state index is 0.0158. The second-order valence-corrected chi connectivity index (χ2v) is 7.69. The number of nitrogens with one attached hydrogen (secondary N) is 2. The van der Waals surface area contributed by atoms with Crippen LogP contribution in [-0.4, -0.2) is 24.0 Å². The number of aryl methyl sites for hydroxylation is 2. The van der Waals surface area contributed by atoms with Gasteiger partial charge < -0.3 is 15.4 Å². The number of nitrogens with zero attached hydrogens (tertiary/aromatic N) is 1. The molecule has 6 heteroatoms. The van der Waals surface area contributed by atoms with Gasteiger partial charge in [0.1, 0.15) is 0 Å². The minimum Gasteiger partial charge on any atom is -0.465 e. The lowest BCUT2D eigenvalue weighted by atomic mass is 9.98. The van der Waals surface area contributed by atoms with E-state index in [1.807, 2.05) is 69.3 Å². The van der Waals surface area contributed by atoms with Crippen molar-refractivity contribution in [3.63, 3.8) is 0 Å². The summed E-state index contributed by atoms with van der Waals surface area (Å²) in [5.41, 5.74) is 5.93. The molecule has 0 radical (unpaired) electrons. The molecule has 0 atom stereocenters. The summed E-state index contributed by atoms with van der Waals surface area (Å²) in [7, 11) is 1.38. The number of methoxy groups -OCH3 is 1. The van der Waals surface area contributed by atoms with Gasteiger partial charge in [-0.25, -0.2) is 9.78 Å². The van der Waals surface area contributed by atoms with Gasteiger partial charge in [0.05, 0.1) is 18.4 Å². The highest BCUT2D eigenvalue weighted by molar-refractivity contribution is 5.97. The molecule has 0 saturated heterocycles. The number of hydrogen-bond donors (Lipinski definition) is 2. The van der Waals surface area contributed by atoms with Crippen molar-refractivity contribution in [1.82, 2.24) is 4.98 Å². The van der Waals surface area contributed by atoms with E-state index >= 15 is 0 Å². The Kier molecular flexibility index (Phi) is 7.60. The van der Waals surface area contributed by atoms with Crippen LogP contribution in [0.1, 0.15) is 46.9 Å². The fourth-order valence-corrected chi connectivity index (χ4v) is 3.56. The molecule has 0 saturated carbocycles. The summed E-state index contributed by atoms with van der Waals surface area (Å²) in [5.74, 6) is 0.287. The SMILES string of the molecule is CCCC(=O)Nc1c(C)cc(C)nc1NCc1ccc(-c2ccccc2C(=O)OC)cc1. The molecule has 32 heavy (non-hydrogen) atoms. The third-order valence-electron chi connectivity index (χ3n) is 5.14. The monoisotopic (exact) mass is 431 g/mol. The van der Waals surface area contributed by atoms with E-state index in [-0.39, 0.29) is 11.9 Å². The van der Waals surface area contributed by atoms with Crippen molar-refractivity contribution < 1.29 is 14.3 Å². The second kappa shape index (κ2) is 10.6. The van der Waals surface area contributed by atoms with E-state index in [1.54, 1.807) is 6.07 Å². The summed E-state index contributed by atoms with van der Waals surface area (Å²) in [4.78, 5) is 28.8. The highest BCUT2D eigenvalue weighted by atomic mass is 16.5. The molecule has 0 unspecified atom stereocenters. The maximum Gasteiger partial charge on any atom is 0.338 e. The highest BCUT2D eigenvalue weighted by Crippen LogP contribution is 2.27. The second-order valence-electron chi connectivity index (χ2n) is 7.69. The van der Waals surface area contributed by atoms with Crippen LogP contribution < -0.4 is 10.6 Å². The van der Waals surface area contributed by atoms with Crippen molar-refractivity contribution in [2.45, 2.75) is 40.2 Å². The van der Waals surface area contributed by atoms with Gasteiger partial charge in [0.15, 0.2) is 5.82 Å². The number of benzene rings is 2. The van der Waals surface area contributed by atoms with Crippen molar-refractivity contribution in [1.29, 1.82) is 0 Å². The van der Waals surface area contributed by atoms with Gasteiger partial charge in [-0.2, -0.15) is 0 Å². The van der Waals surface area contributed by atoms with Gasteiger partial charge in [0.25, 0.3) is 0 Å². The third kappa shape index (κ3) is 5.52. The molecule has 3 aromatic rings. The smallest absolute Gasteiger partial charge is 0.338 e. The molecule has 0 aliphatic carbocycles. The molecule has 1 heterocycles. The van der Waals surface area contributed by atoms with Crippen LogP contribution in [0.15, 0.2) is 54.6 Å². The number of anilines is 2. The van der Waals surface area contributed by atoms with Gasteiger partial charge in [-0.15, -0.1) is 0 Å². The summed E-state index contributed by atoms with van der Waals surface area (Å²) in [5, 5.41) is 6.35. The van der Waals surface area contributed by atoms with Crippen molar-refractivity contribution in [3.05, 3.63) is 77.0 Å². The fourth-order valence-electron chi connectivity index (χ4n) is 3.56. The zero-order valence-electron chi connectivity index (χ0n) is 19.0. The van der Waals surface area contributed by atoms with Crippen LogP contribution in [0, 0.1) is 13.8 Å². The molecule has 6 nitrogen and oxygen atoms in total. The zero-order valence-corrected chi connectivity index (χ0v) is 19.0. The predicted octanol–water partition coefficient (Wildman–Crippen LogP) is 5.50. The first-order chi connectivity index (χ1) is 15.4. The molecule has 1 amide bonds. The lowest BCUT2D eigenvalue weighted by molar-refractivity contribution is -0.116. The Morgan fingerprint density at radius 2 is 1.75 bits per heavy atom. The number of pyridine rings is 1. The van der Waals surface area contributed by atoms with E-state index < -0.39 is 0 Å². The topological polar surface area (TPSA) is 80.3 Å². The average molecular weight is 432 g/mol. The average Bonchev–Trinajstić information content (AvgIpc) is 2.79. The first kappa shape index (κ1) is 23.0. The minimum atomic E-state index is -0.357. The van der Waals surface area contributed by atoms with Crippen LogP contribution in [-0.2, 0) is 16.1 Å². The molecule has 0 aliphatic rings. The number of carbonyl (C=O) groups is 2. The molecule has 3 rings (SSSR count). The summed E-state index contributed by atoms with van der Waals surface area (Å²) in [6, 6.07) is 17.3. The number of carbonyl (C=O) groups excluding carboxylic acids is 2. The van der Waals surface area contributed by atoms with Gasteiger partial charge in [0, 0.05) is 18.7 Å². The molecule has 0 spiro atoms. The van der Waals surface area contributed by atoms with Gasteiger partial charge in [0.2, 0.25) is 5.91 Å². The summed E-state index contributed by atoms with van der Waals surface area (Å²) in [6.45, 7) is 6.43. The number of amides is 1. The molecule has 166 valence electrons. The number of ether oxygens (including phenoxy) is 1. The Hall–Kier alpha value is -3.67. The summed E-state index contributed by atoms with van der Waals surface area (Å²) in [6.07, 6.45) is 1.26. The molecule has 2 aromatic carbocycles. The Bertz CT molecular complexity index is 1110. The van der Waals surface area contributed by atoms with Gasteiger partial charge in [-0.3, -0.25) is 4.79 Å². The van der Waals surface area contributed by atoms with Gasteiger partial charge in [-0.05, 0) is 54.7 Å². The Labute approximate surface area is 189 Å². The lowest BCUT2D eigenvalue weighted by Gasteiger charge is -2.16. The van der Waals surface area contributed by atoms with E-state index in [1.165, 1.54) is 7.11 Å². The molecular weight excluding hydrogens is 402 g/mol. The molecule has 2 N–H and O–H groups in total. The first-order valence-corrected chi connectivity index (χ1v) is 10.7. The number of aromatic nitrogens is 1. The fraction of sp³-hybridized carbons (Fsp3) is 0.269. The summed E-state index contributed by atoms with van der Waals surface area (Å²) < 4.78 is 4.90. The van der Waals surface area contributed by atoms with Crippen LogP contribution >= 0.6 is 0 Å². The van der Waals surface area contributed by atoms with Crippen LogP contribution in [0.2, 0.25) is 0 Å². The van der Waals surface area contributed by atoms with E-state index in [0.717, 1.165) is 40.1 Å². The molecule has 0 fully saturated rings. The van der Waals surface area contributed by atoms with Gasteiger partial charge >= 0.3 is 5.97 Å². The van der Waals surface area contributed by atoms with Crippen LogP contribution in [0.3, 0.4) is 0 Å². The van der Waals surface area contributed by atoms with Crippen molar-refractivity contribution >= 4 is 23.4 Å². The molecule has 0 aliphatic heterocycles.